The Hall–Kier alpha value is -0.770. The Kier molecular flexibility index (Phi) is 17.9. The van der Waals surface area contributed by atoms with Gasteiger partial charge in [-0.2, -0.15) is 0 Å². The molecule has 0 amide bonds. The molecule has 6 unspecified atom stereocenters. The number of carbonyl (C=O) groups excluding carboxylic acids is 1. The number of rotatable bonds is 20. The van der Waals surface area contributed by atoms with E-state index in [-0.39, 0.29) is 19.2 Å². The summed E-state index contributed by atoms with van der Waals surface area (Å²) in [5.41, 5.74) is 0. The minimum absolute atomic E-state index is 0.206. The van der Waals surface area contributed by atoms with Crippen LogP contribution in [0.3, 0.4) is 0 Å². The molecule has 1 aliphatic heterocycles. The fraction of sp³-hybridized carbons (Fsp3) is 0.962. The number of aliphatic hydroxyl groups is 4. The van der Waals surface area contributed by atoms with Gasteiger partial charge in [-0.25, -0.2) is 0 Å². The summed E-state index contributed by atoms with van der Waals surface area (Å²) >= 11 is 0. The van der Waals surface area contributed by atoms with Crippen molar-refractivity contribution in [1.29, 1.82) is 0 Å². The van der Waals surface area contributed by atoms with Crippen molar-refractivity contribution >= 4 is 5.97 Å². The van der Waals surface area contributed by atoms with Gasteiger partial charge < -0.3 is 34.6 Å². The monoisotopic (exact) mass is 490 g/mol. The molecule has 0 spiro atoms. The first kappa shape index (κ1) is 31.3. The van der Waals surface area contributed by atoms with Crippen LogP contribution in [0.25, 0.3) is 0 Å². The van der Waals surface area contributed by atoms with Crippen molar-refractivity contribution in [3.63, 3.8) is 0 Å². The summed E-state index contributed by atoms with van der Waals surface area (Å²) in [5, 5.41) is 39.7. The molecular weight excluding hydrogens is 440 g/mol. The van der Waals surface area contributed by atoms with Crippen LogP contribution in [0.15, 0.2) is 0 Å². The van der Waals surface area contributed by atoms with Crippen molar-refractivity contribution < 1.29 is 39.4 Å². The van der Waals surface area contributed by atoms with E-state index in [4.69, 9.17) is 14.2 Å². The lowest BCUT2D eigenvalue weighted by molar-refractivity contribution is -0.301. The Morgan fingerprint density at radius 3 is 1.82 bits per heavy atom. The van der Waals surface area contributed by atoms with Crippen LogP contribution in [0.4, 0.5) is 0 Å². The minimum atomic E-state index is -1.43. The molecule has 6 atom stereocenters. The fourth-order valence-corrected chi connectivity index (χ4v) is 4.19. The van der Waals surface area contributed by atoms with Crippen LogP contribution in [-0.2, 0) is 19.0 Å². The lowest BCUT2D eigenvalue weighted by Crippen LogP contribution is -2.58. The van der Waals surface area contributed by atoms with Crippen LogP contribution >= 0.6 is 0 Å². The molecule has 0 aromatic rings. The number of hydrogen-bond donors (Lipinski definition) is 4. The van der Waals surface area contributed by atoms with Gasteiger partial charge in [0.25, 0.3) is 0 Å². The van der Waals surface area contributed by atoms with E-state index in [0.717, 1.165) is 19.3 Å². The third-order valence-corrected chi connectivity index (χ3v) is 6.44. The first-order valence-electron chi connectivity index (χ1n) is 13.6. The fourth-order valence-electron chi connectivity index (χ4n) is 4.19. The van der Waals surface area contributed by atoms with E-state index in [0.29, 0.717) is 12.8 Å². The van der Waals surface area contributed by atoms with E-state index in [2.05, 4.69) is 6.92 Å². The topological polar surface area (TPSA) is 126 Å². The van der Waals surface area contributed by atoms with Crippen LogP contribution in [-0.4, -0.2) is 76.4 Å². The molecule has 0 aliphatic carbocycles. The van der Waals surface area contributed by atoms with Gasteiger partial charge in [-0.05, 0) is 12.8 Å². The summed E-state index contributed by atoms with van der Waals surface area (Å²) < 4.78 is 15.9. The van der Waals surface area contributed by atoms with Gasteiger partial charge in [0.1, 0.15) is 31.0 Å². The van der Waals surface area contributed by atoms with E-state index in [1.54, 1.807) is 6.92 Å². The van der Waals surface area contributed by atoms with Crippen molar-refractivity contribution in [3.8, 4) is 0 Å². The summed E-state index contributed by atoms with van der Waals surface area (Å²) in [7, 11) is 0. The van der Waals surface area contributed by atoms with Crippen molar-refractivity contribution in [1.82, 2.24) is 0 Å². The summed E-state index contributed by atoms with van der Waals surface area (Å²) in [4.78, 5) is 11.9. The van der Waals surface area contributed by atoms with E-state index < -0.39 is 36.8 Å². The largest absolute Gasteiger partial charge is 0.463 e. The molecule has 34 heavy (non-hydrogen) atoms. The Morgan fingerprint density at radius 2 is 1.29 bits per heavy atom. The normalized spacial score (nSPS) is 25.9. The number of hydrogen-bond acceptors (Lipinski definition) is 8. The molecule has 1 aliphatic rings. The zero-order valence-corrected chi connectivity index (χ0v) is 21.4. The van der Waals surface area contributed by atoms with Gasteiger partial charge in [0, 0.05) is 6.42 Å². The van der Waals surface area contributed by atoms with Gasteiger partial charge in [0.05, 0.1) is 12.7 Å². The first-order chi connectivity index (χ1) is 16.4. The van der Waals surface area contributed by atoms with Gasteiger partial charge >= 0.3 is 5.97 Å². The van der Waals surface area contributed by atoms with Gasteiger partial charge in [-0.1, -0.05) is 90.9 Å². The maximum atomic E-state index is 11.9. The molecule has 202 valence electrons. The highest BCUT2D eigenvalue weighted by Gasteiger charge is 2.43. The maximum Gasteiger partial charge on any atom is 0.305 e. The van der Waals surface area contributed by atoms with Gasteiger partial charge in [-0.15, -0.1) is 0 Å². The Labute approximate surface area is 206 Å². The van der Waals surface area contributed by atoms with Gasteiger partial charge in [0.15, 0.2) is 6.29 Å². The number of ether oxygens (including phenoxy) is 3. The highest BCUT2D eigenvalue weighted by atomic mass is 16.7. The molecule has 4 N–H and O–H groups in total. The number of unbranched alkanes of at least 4 members (excludes halogenated alkanes) is 12. The summed E-state index contributed by atoms with van der Waals surface area (Å²) in [6.45, 7) is 3.59. The second-order valence-corrected chi connectivity index (χ2v) is 9.59. The molecular formula is C26H50O8. The second-order valence-electron chi connectivity index (χ2n) is 9.59. The molecule has 0 radical (unpaired) electrons. The highest BCUT2D eigenvalue weighted by Crippen LogP contribution is 2.24. The van der Waals surface area contributed by atoms with E-state index in [1.165, 1.54) is 64.2 Å². The summed E-state index contributed by atoms with van der Waals surface area (Å²) in [6.07, 6.45) is 9.99. The molecule has 0 aromatic heterocycles. The zero-order chi connectivity index (χ0) is 25.2. The lowest BCUT2D eigenvalue weighted by atomic mass is 9.97. The van der Waals surface area contributed by atoms with E-state index in [9.17, 15) is 25.2 Å². The summed E-state index contributed by atoms with van der Waals surface area (Å²) in [6, 6.07) is 0. The van der Waals surface area contributed by atoms with Crippen molar-refractivity contribution in [2.75, 3.05) is 13.2 Å². The molecule has 1 fully saturated rings. The van der Waals surface area contributed by atoms with Crippen molar-refractivity contribution in [2.24, 2.45) is 0 Å². The quantitative estimate of drug-likeness (QED) is 0.151. The van der Waals surface area contributed by atoms with Crippen molar-refractivity contribution in [3.05, 3.63) is 0 Å². The summed E-state index contributed by atoms with van der Waals surface area (Å²) in [5.74, 6) is -0.347. The van der Waals surface area contributed by atoms with Crippen LogP contribution in [0.5, 0.6) is 0 Å². The number of carbonyl (C=O) groups is 1. The van der Waals surface area contributed by atoms with Gasteiger partial charge in [0.2, 0.25) is 0 Å². The first-order valence-corrected chi connectivity index (χ1v) is 13.6. The predicted octanol–water partition coefficient (Wildman–Crippen LogP) is 3.61. The molecule has 0 bridgehead atoms. The average molecular weight is 491 g/mol. The van der Waals surface area contributed by atoms with E-state index >= 15 is 0 Å². The molecule has 1 rings (SSSR count). The SMILES string of the molecule is CCCCCCCCCCCCCCCC(=O)OCC(O)COC1OC(CC)C(O)C(O)C1O. The van der Waals surface area contributed by atoms with Crippen LogP contribution in [0.2, 0.25) is 0 Å². The third kappa shape index (κ3) is 13.4. The molecule has 0 aromatic carbocycles. The van der Waals surface area contributed by atoms with Crippen LogP contribution < -0.4 is 0 Å². The smallest absolute Gasteiger partial charge is 0.305 e. The minimum Gasteiger partial charge on any atom is -0.463 e. The second kappa shape index (κ2) is 19.4. The number of esters is 1. The maximum absolute atomic E-state index is 11.9. The van der Waals surface area contributed by atoms with Crippen LogP contribution in [0, 0.1) is 0 Å². The Bertz CT molecular complexity index is 501. The zero-order valence-electron chi connectivity index (χ0n) is 21.4. The molecule has 1 heterocycles. The number of aliphatic hydroxyl groups excluding tert-OH is 4. The average Bonchev–Trinajstić information content (AvgIpc) is 2.83. The predicted molar refractivity (Wildman–Crippen MR) is 130 cm³/mol. The molecule has 0 saturated carbocycles. The molecule has 8 heteroatoms. The van der Waals surface area contributed by atoms with E-state index in [1.807, 2.05) is 0 Å². The third-order valence-electron chi connectivity index (χ3n) is 6.44. The molecule has 1 saturated heterocycles. The Morgan fingerprint density at radius 1 is 0.765 bits per heavy atom. The highest BCUT2D eigenvalue weighted by molar-refractivity contribution is 5.69. The Balaban J connectivity index is 1.99. The molecule has 8 nitrogen and oxygen atoms in total. The lowest BCUT2D eigenvalue weighted by Gasteiger charge is -2.40. The van der Waals surface area contributed by atoms with Crippen LogP contribution in [0.1, 0.15) is 110 Å². The van der Waals surface area contributed by atoms with Crippen molar-refractivity contribution in [2.45, 2.75) is 147 Å². The standard InChI is InChI=1S/C26H50O8/c1-3-5-6-7-8-9-10-11-12-13-14-15-16-17-22(28)32-18-20(27)19-33-26-25(31)24(30)23(29)21(4-2)34-26/h20-21,23-27,29-31H,3-19H2,1-2H3. The van der Waals surface area contributed by atoms with Gasteiger partial charge in [-0.3, -0.25) is 4.79 Å².